The second-order valence-corrected chi connectivity index (χ2v) is 3.68. The van der Waals surface area contributed by atoms with Crippen LogP contribution >= 0.6 is 0 Å². The van der Waals surface area contributed by atoms with Gasteiger partial charge in [-0.15, -0.1) is 0 Å². The van der Waals surface area contributed by atoms with E-state index >= 15 is 0 Å². The van der Waals surface area contributed by atoms with Crippen LogP contribution in [0, 0.1) is 0 Å². The van der Waals surface area contributed by atoms with Crippen molar-refractivity contribution in [1.29, 1.82) is 0 Å². The molecule has 0 aliphatic rings. The molecule has 7 heteroatoms. The topological polar surface area (TPSA) is 63.3 Å². The van der Waals surface area contributed by atoms with E-state index in [0.717, 1.165) is 0 Å². The molecular formula is C11H8F3NO3. The van der Waals surface area contributed by atoms with Gasteiger partial charge in [0.2, 0.25) is 0 Å². The molecule has 0 atom stereocenters. The number of para-hydroxylation sites is 1. The molecule has 2 aromatic rings. The third kappa shape index (κ3) is 2.61. The fourth-order valence-corrected chi connectivity index (χ4v) is 1.52. The van der Waals surface area contributed by atoms with Gasteiger partial charge in [-0.25, -0.2) is 9.78 Å². The standard InChI is InChI=1S/C11H8F3NO3/c12-11(13,14)5-4-8-15-7-3-1-2-6(10(16)17)9(7)18-8/h1-3H,4-5H2,(H,16,17). The van der Waals surface area contributed by atoms with Gasteiger partial charge in [-0.05, 0) is 12.1 Å². The molecule has 0 amide bonds. The van der Waals surface area contributed by atoms with Gasteiger partial charge >= 0.3 is 12.1 Å². The number of rotatable bonds is 3. The number of hydrogen-bond donors (Lipinski definition) is 1. The van der Waals surface area contributed by atoms with Gasteiger partial charge in [0.05, 0.1) is 6.42 Å². The van der Waals surface area contributed by atoms with Crippen molar-refractivity contribution in [3.63, 3.8) is 0 Å². The van der Waals surface area contributed by atoms with E-state index in [-0.39, 0.29) is 22.6 Å². The molecule has 1 heterocycles. The van der Waals surface area contributed by atoms with Crippen molar-refractivity contribution in [3.8, 4) is 0 Å². The third-order valence-corrected chi connectivity index (χ3v) is 2.31. The molecule has 2 rings (SSSR count). The number of aryl methyl sites for hydroxylation is 1. The van der Waals surface area contributed by atoms with Gasteiger partial charge in [-0.3, -0.25) is 0 Å². The maximum absolute atomic E-state index is 12.0. The van der Waals surface area contributed by atoms with Crippen LogP contribution in [-0.2, 0) is 6.42 Å². The molecular weight excluding hydrogens is 251 g/mol. The summed E-state index contributed by atoms with van der Waals surface area (Å²) in [6.45, 7) is 0. The Balaban J connectivity index is 2.33. The van der Waals surface area contributed by atoms with E-state index in [2.05, 4.69) is 4.98 Å². The maximum Gasteiger partial charge on any atom is 0.389 e. The smallest absolute Gasteiger partial charge is 0.389 e. The van der Waals surface area contributed by atoms with Crippen LogP contribution in [0.1, 0.15) is 22.7 Å². The van der Waals surface area contributed by atoms with Gasteiger partial charge in [0.15, 0.2) is 11.5 Å². The highest BCUT2D eigenvalue weighted by Crippen LogP contribution is 2.25. The first-order valence-corrected chi connectivity index (χ1v) is 5.05. The lowest BCUT2D eigenvalue weighted by Gasteiger charge is -2.02. The molecule has 0 saturated heterocycles. The molecule has 1 aromatic carbocycles. The summed E-state index contributed by atoms with van der Waals surface area (Å²) in [5, 5.41) is 8.88. The number of carboxylic acid groups (broad SMARTS) is 1. The molecule has 0 aliphatic carbocycles. The van der Waals surface area contributed by atoms with Crippen molar-refractivity contribution in [2.45, 2.75) is 19.0 Å². The fraction of sp³-hybridized carbons (Fsp3) is 0.273. The Bertz CT molecular complexity index is 589. The first-order chi connectivity index (χ1) is 8.37. The minimum absolute atomic E-state index is 0.00201. The zero-order chi connectivity index (χ0) is 13.3. The molecule has 0 saturated carbocycles. The van der Waals surface area contributed by atoms with Gasteiger partial charge in [0.1, 0.15) is 11.1 Å². The Labute approximate surface area is 99.0 Å². The van der Waals surface area contributed by atoms with Crippen molar-refractivity contribution in [1.82, 2.24) is 4.98 Å². The predicted molar refractivity (Wildman–Crippen MR) is 55.3 cm³/mol. The van der Waals surface area contributed by atoms with E-state index in [1.54, 1.807) is 0 Å². The fourth-order valence-electron chi connectivity index (χ4n) is 1.52. The van der Waals surface area contributed by atoms with E-state index in [1.165, 1.54) is 18.2 Å². The first-order valence-electron chi connectivity index (χ1n) is 5.05. The second kappa shape index (κ2) is 4.32. The first kappa shape index (κ1) is 12.4. The van der Waals surface area contributed by atoms with E-state index in [4.69, 9.17) is 9.52 Å². The normalized spacial score (nSPS) is 11.9. The molecule has 0 fully saturated rings. The highest BCUT2D eigenvalue weighted by molar-refractivity contribution is 5.99. The summed E-state index contributed by atoms with van der Waals surface area (Å²) in [6.07, 6.45) is -5.75. The molecule has 0 unspecified atom stereocenters. The Morgan fingerprint density at radius 1 is 1.39 bits per heavy atom. The van der Waals surface area contributed by atoms with Gasteiger partial charge < -0.3 is 9.52 Å². The number of hydrogen-bond acceptors (Lipinski definition) is 3. The van der Waals surface area contributed by atoms with Crippen LogP contribution in [0.3, 0.4) is 0 Å². The third-order valence-electron chi connectivity index (χ3n) is 2.31. The summed E-state index contributed by atoms with van der Waals surface area (Å²) < 4.78 is 41.2. The van der Waals surface area contributed by atoms with E-state index < -0.39 is 25.0 Å². The van der Waals surface area contributed by atoms with Crippen molar-refractivity contribution in [2.75, 3.05) is 0 Å². The SMILES string of the molecule is O=C(O)c1cccc2nc(CCC(F)(F)F)oc12. The molecule has 0 aliphatic heterocycles. The van der Waals surface area contributed by atoms with Crippen LogP contribution in [0.15, 0.2) is 22.6 Å². The lowest BCUT2D eigenvalue weighted by Crippen LogP contribution is -2.08. The number of nitrogens with zero attached hydrogens (tertiary/aromatic N) is 1. The van der Waals surface area contributed by atoms with Gasteiger partial charge in [0, 0.05) is 6.42 Å². The molecule has 18 heavy (non-hydrogen) atoms. The monoisotopic (exact) mass is 259 g/mol. The number of carboxylic acids is 1. The van der Waals surface area contributed by atoms with Crippen LogP contribution in [0.25, 0.3) is 11.1 Å². The lowest BCUT2D eigenvalue weighted by atomic mass is 10.2. The van der Waals surface area contributed by atoms with E-state index in [1.807, 2.05) is 0 Å². The number of alkyl halides is 3. The zero-order valence-corrected chi connectivity index (χ0v) is 8.99. The number of oxazole rings is 1. The Kier molecular flexibility index (Phi) is 2.98. The number of aromatic carboxylic acids is 1. The maximum atomic E-state index is 12.0. The summed E-state index contributed by atoms with van der Waals surface area (Å²) >= 11 is 0. The molecule has 1 N–H and O–H groups in total. The quantitative estimate of drug-likeness (QED) is 0.920. The van der Waals surface area contributed by atoms with Crippen LogP contribution in [0.4, 0.5) is 13.2 Å². The Morgan fingerprint density at radius 3 is 2.72 bits per heavy atom. The number of halogens is 3. The van der Waals surface area contributed by atoms with Gasteiger partial charge in [0.25, 0.3) is 0 Å². The van der Waals surface area contributed by atoms with Crippen molar-refractivity contribution >= 4 is 17.1 Å². The van der Waals surface area contributed by atoms with E-state index in [9.17, 15) is 18.0 Å². The van der Waals surface area contributed by atoms with Crippen LogP contribution in [0.5, 0.6) is 0 Å². The van der Waals surface area contributed by atoms with Crippen molar-refractivity contribution in [3.05, 3.63) is 29.7 Å². The van der Waals surface area contributed by atoms with Crippen LogP contribution in [-0.4, -0.2) is 22.2 Å². The highest BCUT2D eigenvalue weighted by Gasteiger charge is 2.28. The molecule has 1 aromatic heterocycles. The minimum atomic E-state index is -4.30. The van der Waals surface area contributed by atoms with Gasteiger partial charge in [-0.2, -0.15) is 13.2 Å². The van der Waals surface area contributed by atoms with Gasteiger partial charge in [-0.1, -0.05) is 6.07 Å². The zero-order valence-electron chi connectivity index (χ0n) is 8.99. The van der Waals surface area contributed by atoms with Crippen LogP contribution in [0.2, 0.25) is 0 Å². The summed E-state index contributed by atoms with van der Waals surface area (Å²) in [4.78, 5) is 14.7. The second-order valence-electron chi connectivity index (χ2n) is 3.68. The number of carbonyl (C=O) groups is 1. The highest BCUT2D eigenvalue weighted by atomic mass is 19.4. The molecule has 0 bridgehead atoms. The van der Waals surface area contributed by atoms with Crippen molar-refractivity contribution < 1.29 is 27.5 Å². The van der Waals surface area contributed by atoms with Crippen LogP contribution < -0.4 is 0 Å². The number of fused-ring (bicyclic) bond motifs is 1. The average molecular weight is 259 g/mol. The molecule has 0 spiro atoms. The van der Waals surface area contributed by atoms with Crippen molar-refractivity contribution in [2.24, 2.45) is 0 Å². The molecule has 4 nitrogen and oxygen atoms in total. The molecule has 0 radical (unpaired) electrons. The summed E-state index contributed by atoms with van der Waals surface area (Å²) in [6, 6.07) is 4.26. The summed E-state index contributed by atoms with van der Waals surface area (Å²) in [7, 11) is 0. The average Bonchev–Trinajstić information content (AvgIpc) is 2.67. The summed E-state index contributed by atoms with van der Waals surface area (Å²) in [5.74, 6) is -1.32. The molecule has 96 valence electrons. The number of benzene rings is 1. The Morgan fingerprint density at radius 2 is 2.11 bits per heavy atom. The Hall–Kier alpha value is -2.05. The predicted octanol–water partition coefficient (Wildman–Crippen LogP) is 3.02. The lowest BCUT2D eigenvalue weighted by molar-refractivity contribution is -0.134. The number of aromatic nitrogens is 1. The summed E-state index contributed by atoms with van der Waals surface area (Å²) in [5.41, 5.74) is 0.132. The minimum Gasteiger partial charge on any atom is -0.478 e. The largest absolute Gasteiger partial charge is 0.478 e. The van der Waals surface area contributed by atoms with E-state index in [0.29, 0.717) is 0 Å².